The number of nitrogens with one attached hydrogen (secondary N) is 1. The summed E-state index contributed by atoms with van der Waals surface area (Å²) >= 11 is 0. The largest absolute Gasteiger partial charge is 0.383 e. The topological polar surface area (TPSA) is 55.4 Å². The summed E-state index contributed by atoms with van der Waals surface area (Å²) in [6.45, 7) is 5.97. The SMILES string of the molecule is CCc1ccc(S(=O)(=O)NC(C)(C)COC)c2ccccc12. The van der Waals surface area contributed by atoms with Crippen molar-refractivity contribution in [3.63, 3.8) is 0 Å². The summed E-state index contributed by atoms with van der Waals surface area (Å²) in [5, 5.41) is 1.74. The molecule has 0 aliphatic heterocycles. The maximum absolute atomic E-state index is 12.8. The molecule has 0 aromatic heterocycles. The molecule has 0 unspecified atom stereocenters. The van der Waals surface area contributed by atoms with Gasteiger partial charge in [0.25, 0.3) is 0 Å². The molecule has 0 aliphatic carbocycles. The van der Waals surface area contributed by atoms with Crippen molar-refractivity contribution in [2.75, 3.05) is 13.7 Å². The minimum Gasteiger partial charge on any atom is -0.383 e. The zero-order chi connectivity index (χ0) is 16.4. The van der Waals surface area contributed by atoms with E-state index >= 15 is 0 Å². The predicted octanol–water partition coefficient (Wildman–Crippen LogP) is 3.11. The van der Waals surface area contributed by atoms with Gasteiger partial charge in [0.2, 0.25) is 10.0 Å². The highest BCUT2D eigenvalue weighted by Gasteiger charge is 2.27. The second-order valence-electron chi connectivity index (χ2n) is 6.04. The number of benzene rings is 2. The number of methoxy groups -OCH3 is 1. The van der Waals surface area contributed by atoms with E-state index in [0.717, 1.165) is 22.8 Å². The lowest BCUT2D eigenvalue weighted by Crippen LogP contribution is -2.46. The van der Waals surface area contributed by atoms with E-state index in [9.17, 15) is 8.42 Å². The van der Waals surface area contributed by atoms with Crippen LogP contribution >= 0.6 is 0 Å². The summed E-state index contributed by atoms with van der Waals surface area (Å²) in [5.74, 6) is 0. The van der Waals surface area contributed by atoms with Crippen LogP contribution in [0.1, 0.15) is 26.3 Å². The van der Waals surface area contributed by atoms with E-state index in [4.69, 9.17) is 4.74 Å². The zero-order valence-corrected chi connectivity index (χ0v) is 14.3. The Bertz CT molecular complexity index is 767. The minimum atomic E-state index is -3.62. The van der Waals surface area contributed by atoms with Crippen LogP contribution in [0.3, 0.4) is 0 Å². The molecule has 0 aliphatic rings. The smallest absolute Gasteiger partial charge is 0.241 e. The fraction of sp³-hybridized carbons (Fsp3) is 0.412. The minimum absolute atomic E-state index is 0.303. The van der Waals surface area contributed by atoms with Crippen LogP contribution < -0.4 is 4.72 Å². The number of rotatable bonds is 6. The summed E-state index contributed by atoms with van der Waals surface area (Å²) in [4.78, 5) is 0.310. The molecule has 0 saturated carbocycles. The fourth-order valence-electron chi connectivity index (χ4n) is 2.69. The van der Waals surface area contributed by atoms with Crippen LogP contribution in [0.2, 0.25) is 0 Å². The fourth-order valence-corrected chi connectivity index (χ4v) is 4.30. The van der Waals surface area contributed by atoms with Gasteiger partial charge in [-0.2, -0.15) is 0 Å². The zero-order valence-electron chi connectivity index (χ0n) is 13.5. The van der Waals surface area contributed by atoms with Crippen LogP contribution in [-0.4, -0.2) is 27.7 Å². The molecule has 0 saturated heterocycles. The lowest BCUT2D eigenvalue weighted by Gasteiger charge is -2.25. The van der Waals surface area contributed by atoms with Crippen molar-refractivity contribution < 1.29 is 13.2 Å². The van der Waals surface area contributed by atoms with E-state index in [0.29, 0.717) is 11.5 Å². The molecule has 4 nitrogen and oxygen atoms in total. The van der Waals surface area contributed by atoms with E-state index in [1.165, 1.54) is 0 Å². The second kappa shape index (κ2) is 6.36. The third-order valence-corrected chi connectivity index (χ3v) is 5.32. The van der Waals surface area contributed by atoms with Crippen molar-refractivity contribution in [2.24, 2.45) is 0 Å². The molecule has 0 bridgehead atoms. The van der Waals surface area contributed by atoms with Crippen molar-refractivity contribution in [2.45, 2.75) is 37.6 Å². The standard InChI is InChI=1S/C17H23NO3S/c1-5-13-10-11-16(15-9-7-6-8-14(13)15)22(19,20)18-17(2,3)12-21-4/h6-11,18H,5,12H2,1-4H3. The van der Waals surface area contributed by atoms with Gasteiger partial charge < -0.3 is 4.74 Å². The van der Waals surface area contributed by atoms with Gasteiger partial charge in [0.15, 0.2) is 0 Å². The van der Waals surface area contributed by atoms with E-state index in [1.807, 2.05) is 30.3 Å². The Kier molecular flexibility index (Phi) is 4.90. The van der Waals surface area contributed by atoms with Crippen LogP contribution in [0, 0.1) is 0 Å². The van der Waals surface area contributed by atoms with Gasteiger partial charge in [-0.3, -0.25) is 0 Å². The monoisotopic (exact) mass is 321 g/mol. The molecule has 120 valence electrons. The van der Waals surface area contributed by atoms with Gasteiger partial charge >= 0.3 is 0 Å². The average Bonchev–Trinajstić information content (AvgIpc) is 2.44. The number of hydrogen-bond acceptors (Lipinski definition) is 3. The first-order valence-electron chi connectivity index (χ1n) is 7.34. The number of sulfonamides is 1. The third-order valence-electron chi connectivity index (χ3n) is 3.56. The molecule has 22 heavy (non-hydrogen) atoms. The molecule has 0 amide bonds. The van der Waals surface area contributed by atoms with Gasteiger partial charge in [-0.05, 0) is 37.3 Å². The summed E-state index contributed by atoms with van der Waals surface area (Å²) in [7, 11) is -2.06. The molecule has 0 fully saturated rings. The molecule has 0 spiro atoms. The van der Waals surface area contributed by atoms with E-state index in [1.54, 1.807) is 27.0 Å². The van der Waals surface area contributed by atoms with Gasteiger partial charge in [-0.15, -0.1) is 0 Å². The Morgan fingerprint density at radius 1 is 1.09 bits per heavy atom. The molecule has 0 radical (unpaired) electrons. The van der Waals surface area contributed by atoms with Crippen LogP contribution in [0.4, 0.5) is 0 Å². The number of ether oxygens (including phenoxy) is 1. The second-order valence-corrected chi connectivity index (χ2v) is 7.70. The average molecular weight is 321 g/mol. The quantitative estimate of drug-likeness (QED) is 0.889. The van der Waals surface area contributed by atoms with Crippen molar-refractivity contribution in [3.05, 3.63) is 42.0 Å². The Hall–Kier alpha value is -1.43. The number of hydrogen-bond donors (Lipinski definition) is 1. The first-order valence-corrected chi connectivity index (χ1v) is 8.82. The lowest BCUT2D eigenvalue weighted by atomic mass is 10.0. The van der Waals surface area contributed by atoms with Crippen LogP contribution in [-0.2, 0) is 21.2 Å². The van der Waals surface area contributed by atoms with E-state index in [-0.39, 0.29) is 0 Å². The van der Waals surface area contributed by atoms with Crippen molar-refractivity contribution in [1.82, 2.24) is 4.72 Å². The van der Waals surface area contributed by atoms with Crippen LogP contribution in [0.5, 0.6) is 0 Å². The number of fused-ring (bicyclic) bond motifs is 1. The molecule has 2 aromatic rings. The first-order chi connectivity index (χ1) is 10.3. The molecule has 1 N–H and O–H groups in total. The van der Waals surface area contributed by atoms with Gasteiger partial charge in [0.1, 0.15) is 0 Å². The Morgan fingerprint density at radius 3 is 2.32 bits per heavy atom. The van der Waals surface area contributed by atoms with E-state index < -0.39 is 15.6 Å². The summed E-state index contributed by atoms with van der Waals surface area (Å²) < 4.78 is 33.4. The van der Waals surface area contributed by atoms with Crippen LogP contribution in [0.25, 0.3) is 10.8 Å². The molecule has 0 atom stereocenters. The summed E-state index contributed by atoms with van der Waals surface area (Å²) in [6.07, 6.45) is 0.865. The van der Waals surface area contributed by atoms with Crippen LogP contribution in [0.15, 0.2) is 41.3 Å². The van der Waals surface area contributed by atoms with Gasteiger partial charge in [0, 0.05) is 12.5 Å². The van der Waals surface area contributed by atoms with Gasteiger partial charge in [0.05, 0.1) is 17.0 Å². The summed E-state index contributed by atoms with van der Waals surface area (Å²) in [6, 6.07) is 11.2. The van der Waals surface area contributed by atoms with Crippen molar-refractivity contribution in [1.29, 1.82) is 0 Å². The third kappa shape index (κ3) is 3.48. The molecule has 5 heteroatoms. The Morgan fingerprint density at radius 2 is 1.73 bits per heavy atom. The van der Waals surface area contributed by atoms with E-state index in [2.05, 4.69) is 11.6 Å². The molecule has 0 heterocycles. The predicted molar refractivity (Wildman–Crippen MR) is 89.6 cm³/mol. The maximum Gasteiger partial charge on any atom is 0.241 e. The van der Waals surface area contributed by atoms with Crippen molar-refractivity contribution >= 4 is 20.8 Å². The maximum atomic E-state index is 12.8. The highest BCUT2D eigenvalue weighted by atomic mass is 32.2. The normalized spacial score (nSPS) is 12.7. The molecule has 2 rings (SSSR count). The highest BCUT2D eigenvalue weighted by molar-refractivity contribution is 7.89. The Labute approximate surface area is 132 Å². The molecular formula is C17H23NO3S. The van der Waals surface area contributed by atoms with Gasteiger partial charge in [-0.25, -0.2) is 13.1 Å². The Balaban J connectivity index is 2.55. The highest BCUT2D eigenvalue weighted by Crippen LogP contribution is 2.27. The van der Waals surface area contributed by atoms with Gasteiger partial charge in [-0.1, -0.05) is 37.3 Å². The lowest BCUT2D eigenvalue weighted by molar-refractivity contribution is 0.141. The molecule has 2 aromatic carbocycles. The first kappa shape index (κ1) is 16.9. The van der Waals surface area contributed by atoms with Crippen molar-refractivity contribution in [3.8, 4) is 0 Å². The summed E-state index contributed by atoms with van der Waals surface area (Å²) in [5.41, 5.74) is 0.476. The number of aryl methyl sites for hydroxylation is 1. The molecular weight excluding hydrogens is 298 g/mol.